The number of amides is 1. The minimum atomic E-state index is -1.08. The Morgan fingerprint density at radius 1 is 0.644 bits per heavy atom. The van der Waals surface area contributed by atoms with Crippen LogP contribution in [-0.2, 0) is 33.4 Å². The highest BCUT2D eigenvalue weighted by Crippen LogP contribution is 2.15. The lowest BCUT2D eigenvalue weighted by Gasteiger charge is -2.11. The number of carbonyl (C=O) groups excluding carboxylic acids is 3. The lowest BCUT2D eigenvalue weighted by molar-refractivity contribution is -0.140. The first-order valence-corrected chi connectivity index (χ1v) is 17.0. The van der Waals surface area contributed by atoms with E-state index in [1.54, 1.807) is 13.0 Å². The van der Waals surface area contributed by atoms with Crippen molar-refractivity contribution in [2.24, 2.45) is 10.9 Å². The van der Waals surface area contributed by atoms with Crippen LogP contribution in [0.15, 0.2) is 17.1 Å². The number of unbranched alkanes of at least 4 members (excludes halogenated alkanes) is 13. The van der Waals surface area contributed by atoms with Gasteiger partial charge in [-0.3, -0.25) is 24.0 Å². The van der Waals surface area contributed by atoms with Crippen LogP contribution in [0, 0.1) is 5.92 Å². The first kappa shape index (κ1) is 42.3. The third-order valence-electron chi connectivity index (χ3n) is 7.46. The maximum atomic E-state index is 12.3. The van der Waals surface area contributed by atoms with Crippen molar-refractivity contribution in [1.29, 1.82) is 0 Å². The summed E-state index contributed by atoms with van der Waals surface area (Å²) < 4.78 is 10.5. The maximum absolute atomic E-state index is 12.3. The molecule has 2 N–H and O–H groups in total. The zero-order valence-corrected chi connectivity index (χ0v) is 27.9. The van der Waals surface area contributed by atoms with Gasteiger partial charge in [-0.2, -0.15) is 0 Å². The smallest absolute Gasteiger partial charge is 0.312 e. The highest BCUT2D eigenvalue weighted by molar-refractivity contribution is 6.05. The molecule has 10 heteroatoms. The van der Waals surface area contributed by atoms with E-state index in [0.29, 0.717) is 32.7 Å². The summed E-state index contributed by atoms with van der Waals surface area (Å²) in [6.07, 6.45) is 20.7. The van der Waals surface area contributed by atoms with E-state index in [2.05, 4.69) is 4.99 Å². The first-order valence-electron chi connectivity index (χ1n) is 17.0. The van der Waals surface area contributed by atoms with Crippen LogP contribution in [0.25, 0.3) is 0 Å². The number of carbonyl (C=O) groups is 5. The summed E-state index contributed by atoms with van der Waals surface area (Å²) >= 11 is 0. The molecule has 10 nitrogen and oxygen atoms in total. The lowest BCUT2D eigenvalue weighted by Crippen LogP contribution is -2.23. The molecule has 0 aliphatic rings. The Bertz CT molecular complexity index is 898. The molecule has 0 aromatic heterocycles. The monoisotopic (exact) mass is 637 g/mol. The average molecular weight is 638 g/mol. The summed E-state index contributed by atoms with van der Waals surface area (Å²) in [5.74, 6) is -3.14. The predicted octanol–water partition coefficient (Wildman–Crippen LogP) is 7.31. The molecular formula is C35H59NO9. The van der Waals surface area contributed by atoms with Crippen LogP contribution < -0.4 is 0 Å². The van der Waals surface area contributed by atoms with Crippen LogP contribution in [0.1, 0.15) is 142 Å². The molecule has 0 aliphatic heterocycles. The summed E-state index contributed by atoms with van der Waals surface area (Å²) in [6.45, 7) is 4.31. The molecule has 45 heavy (non-hydrogen) atoms. The molecule has 0 fully saturated rings. The predicted molar refractivity (Wildman–Crippen MR) is 176 cm³/mol. The van der Waals surface area contributed by atoms with Crippen molar-refractivity contribution in [1.82, 2.24) is 0 Å². The number of Topliss-reactive ketones (excluding diaryl/α,β-unsaturated/α-hetero) is 2. The summed E-state index contributed by atoms with van der Waals surface area (Å²) in [6, 6.07) is 0. The van der Waals surface area contributed by atoms with Gasteiger partial charge in [0.15, 0.2) is 5.78 Å². The van der Waals surface area contributed by atoms with E-state index < -0.39 is 17.9 Å². The summed E-state index contributed by atoms with van der Waals surface area (Å²) in [5, 5.41) is 18.2. The number of aliphatic carboxylic acids is 2. The fourth-order valence-electron chi connectivity index (χ4n) is 4.84. The number of hydrogen-bond donors (Lipinski definition) is 2. The van der Waals surface area contributed by atoms with Gasteiger partial charge < -0.3 is 19.7 Å². The third-order valence-corrected chi connectivity index (χ3v) is 7.46. The Balaban J connectivity index is 3.91. The number of ketones is 2. The molecule has 0 aromatic carbocycles. The van der Waals surface area contributed by atoms with E-state index in [-0.39, 0.29) is 55.5 Å². The van der Waals surface area contributed by atoms with Crippen LogP contribution in [-0.4, -0.2) is 71.8 Å². The third kappa shape index (κ3) is 29.7. The number of ether oxygens (including phenoxy) is 2. The molecule has 258 valence electrons. The van der Waals surface area contributed by atoms with E-state index in [4.69, 9.17) is 14.6 Å². The van der Waals surface area contributed by atoms with Crippen molar-refractivity contribution in [3.05, 3.63) is 12.2 Å². The minimum absolute atomic E-state index is 0.0315. The molecule has 0 unspecified atom stereocenters. The molecule has 0 bridgehead atoms. The number of allylic oxidation sites excluding steroid dienone is 1. The molecular weight excluding hydrogens is 578 g/mol. The van der Waals surface area contributed by atoms with Gasteiger partial charge >= 0.3 is 11.9 Å². The average Bonchev–Trinajstić information content (AvgIpc) is 2.97. The Hall–Kier alpha value is -2.72. The van der Waals surface area contributed by atoms with Gasteiger partial charge in [0.2, 0.25) is 5.91 Å². The largest absolute Gasteiger partial charge is 0.481 e. The van der Waals surface area contributed by atoms with E-state index in [1.165, 1.54) is 51.9 Å². The number of carboxylic acid groups (broad SMARTS) is 2. The second kappa shape index (κ2) is 30.0. The van der Waals surface area contributed by atoms with Crippen LogP contribution in [0.3, 0.4) is 0 Å². The highest BCUT2D eigenvalue weighted by Gasteiger charge is 2.22. The van der Waals surface area contributed by atoms with Crippen LogP contribution >= 0.6 is 0 Å². The quantitative estimate of drug-likeness (QED) is 0.0438. The Morgan fingerprint density at radius 2 is 1.16 bits per heavy atom. The molecule has 1 atom stereocenters. The maximum Gasteiger partial charge on any atom is 0.312 e. The van der Waals surface area contributed by atoms with Gasteiger partial charge in [0.1, 0.15) is 12.4 Å². The zero-order valence-electron chi connectivity index (χ0n) is 27.9. The van der Waals surface area contributed by atoms with Gasteiger partial charge in [0.25, 0.3) is 0 Å². The molecule has 0 spiro atoms. The van der Waals surface area contributed by atoms with Crippen molar-refractivity contribution < 1.29 is 43.7 Å². The van der Waals surface area contributed by atoms with Gasteiger partial charge in [0, 0.05) is 31.4 Å². The number of nitrogens with zero attached hydrogens (tertiary/aromatic N) is 1. The van der Waals surface area contributed by atoms with E-state index in [1.807, 2.05) is 6.08 Å². The van der Waals surface area contributed by atoms with Gasteiger partial charge in [-0.1, -0.05) is 89.2 Å². The zero-order chi connectivity index (χ0) is 33.5. The summed E-state index contributed by atoms with van der Waals surface area (Å²) in [5.41, 5.74) is 0.249. The van der Waals surface area contributed by atoms with Crippen LogP contribution in [0.5, 0.6) is 0 Å². The van der Waals surface area contributed by atoms with Crippen molar-refractivity contribution >= 4 is 35.1 Å². The van der Waals surface area contributed by atoms with Gasteiger partial charge in [-0.25, -0.2) is 4.99 Å². The molecule has 0 radical (unpaired) electrons. The van der Waals surface area contributed by atoms with E-state index >= 15 is 0 Å². The SMILES string of the molecule is CC(=O)COCCOCC/C=C/CC(=O)CC[C@@H](C(=O)O)C(C)=NC(=O)CCCCCCCCCCCCCCCCC(=O)O. The van der Waals surface area contributed by atoms with Crippen LogP contribution in [0.4, 0.5) is 0 Å². The number of rotatable bonds is 32. The fourth-order valence-corrected chi connectivity index (χ4v) is 4.84. The number of hydrogen-bond acceptors (Lipinski definition) is 7. The Labute approximate surface area is 270 Å². The molecule has 0 rings (SSSR count). The van der Waals surface area contributed by atoms with Gasteiger partial charge in [-0.05, 0) is 39.5 Å². The normalized spacial score (nSPS) is 12.4. The highest BCUT2D eigenvalue weighted by atomic mass is 16.5. The molecule has 0 heterocycles. The Morgan fingerprint density at radius 3 is 1.67 bits per heavy atom. The van der Waals surface area contributed by atoms with Crippen LogP contribution in [0.2, 0.25) is 0 Å². The number of carboxylic acids is 2. The second-order valence-corrected chi connectivity index (χ2v) is 11.8. The van der Waals surface area contributed by atoms with Crippen molar-refractivity contribution in [3.63, 3.8) is 0 Å². The van der Waals surface area contributed by atoms with Gasteiger partial charge in [-0.15, -0.1) is 0 Å². The second-order valence-electron chi connectivity index (χ2n) is 11.8. The van der Waals surface area contributed by atoms with E-state index in [0.717, 1.165) is 44.9 Å². The number of aliphatic imine (C=N–C) groups is 1. The molecule has 1 amide bonds. The fraction of sp³-hybridized carbons (Fsp3) is 0.771. The topological polar surface area (TPSA) is 157 Å². The Kier molecular flexibility index (Phi) is 28.2. The lowest BCUT2D eigenvalue weighted by atomic mass is 9.96. The van der Waals surface area contributed by atoms with Gasteiger partial charge in [0.05, 0.1) is 25.7 Å². The molecule has 0 aliphatic carbocycles. The first-order chi connectivity index (χ1) is 21.6. The van der Waals surface area contributed by atoms with Crippen molar-refractivity contribution in [3.8, 4) is 0 Å². The molecule has 0 aromatic rings. The summed E-state index contributed by atoms with van der Waals surface area (Å²) in [4.78, 5) is 61.5. The minimum Gasteiger partial charge on any atom is -0.481 e. The van der Waals surface area contributed by atoms with E-state index in [9.17, 15) is 29.1 Å². The van der Waals surface area contributed by atoms with Crippen molar-refractivity contribution in [2.75, 3.05) is 26.4 Å². The van der Waals surface area contributed by atoms with Crippen molar-refractivity contribution in [2.45, 2.75) is 142 Å². The standard InChI is InChI=1S/C35H59NO9/c1-29(37)28-45-27-26-44-25-19-15-16-20-31(38)23-24-32(35(42)43)30(2)36-33(39)21-17-13-11-9-7-5-3-4-6-8-10-12-14-18-22-34(40)41/h15-16,32H,3-14,17-28H2,1-2H3,(H,40,41)(H,42,43)/b16-15+,36-30?/t32-/m1/s1. The molecule has 0 saturated carbocycles. The summed E-state index contributed by atoms with van der Waals surface area (Å²) in [7, 11) is 0. The molecule has 0 saturated heterocycles.